The molecule has 0 bridgehead atoms. The van der Waals surface area contributed by atoms with Gasteiger partial charge in [0.25, 0.3) is 5.22 Å². The Morgan fingerprint density at radius 3 is 2.76 bits per heavy atom. The first kappa shape index (κ1) is 13.0. The van der Waals surface area contributed by atoms with Crippen LogP contribution in [0, 0.1) is 19.8 Å². The van der Waals surface area contributed by atoms with Crippen LogP contribution in [-0.4, -0.2) is 16.3 Å². The molecule has 0 aliphatic heterocycles. The average molecular weight is 254 g/mol. The Morgan fingerprint density at radius 2 is 2.18 bits per heavy atom. The number of thioether (sulfide) groups is 1. The molecule has 1 aromatic heterocycles. The van der Waals surface area contributed by atoms with Crippen molar-refractivity contribution in [1.82, 2.24) is 4.98 Å². The maximum Gasteiger partial charge on any atom is 0.256 e. The normalized spacial score (nSPS) is 29.5. The number of nitrogens with zero attached hydrogens (tertiary/aromatic N) is 1. The molecule has 0 amide bonds. The summed E-state index contributed by atoms with van der Waals surface area (Å²) >= 11 is 1.72. The predicted octanol–water partition coefficient (Wildman–Crippen LogP) is 3.29. The Hall–Kier alpha value is -0.480. The number of hydrogen-bond donors (Lipinski definition) is 1. The van der Waals surface area contributed by atoms with Gasteiger partial charge >= 0.3 is 0 Å². The highest BCUT2D eigenvalue weighted by Crippen LogP contribution is 2.36. The first-order valence-electron chi connectivity index (χ1n) is 6.46. The van der Waals surface area contributed by atoms with Crippen LogP contribution < -0.4 is 5.73 Å². The van der Waals surface area contributed by atoms with E-state index < -0.39 is 0 Å². The quantitative estimate of drug-likeness (QED) is 0.899. The van der Waals surface area contributed by atoms with Gasteiger partial charge in [-0.2, -0.15) is 0 Å². The zero-order valence-corrected chi connectivity index (χ0v) is 11.7. The number of aryl methyl sites for hydroxylation is 2. The molecular weight excluding hydrogens is 232 g/mol. The molecule has 0 radical (unpaired) electrons. The molecule has 4 heteroatoms. The summed E-state index contributed by atoms with van der Waals surface area (Å²) in [5.74, 6) is 1.74. The van der Waals surface area contributed by atoms with Gasteiger partial charge in [-0.3, -0.25) is 0 Å². The van der Waals surface area contributed by atoms with Crippen molar-refractivity contribution in [2.45, 2.75) is 63.0 Å². The molecule has 1 saturated carbocycles. The molecule has 2 N–H and O–H groups in total. The zero-order chi connectivity index (χ0) is 12.4. The Kier molecular flexibility index (Phi) is 4.15. The fraction of sp³-hybridized carbons (Fsp3) is 0.769. The van der Waals surface area contributed by atoms with Crippen LogP contribution in [0.4, 0.5) is 0 Å². The highest BCUT2D eigenvalue weighted by Gasteiger charge is 2.29. The maximum absolute atomic E-state index is 6.20. The molecule has 0 spiro atoms. The number of hydrogen-bond acceptors (Lipinski definition) is 4. The zero-order valence-electron chi connectivity index (χ0n) is 10.9. The van der Waals surface area contributed by atoms with Gasteiger partial charge in [0.1, 0.15) is 5.76 Å². The molecule has 0 saturated heterocycles. The van der Waals surface area contributed by atoms with Crippen LogP contribution in [0.2, 0.25) is 0 Å². The van der Waals surface area contributed by atoms with E-state index in [1.54, 1.807) is 11.8 Å². The van der Waals surface area contributed by atoms with Crippen molar-refractivity contribution < 1.29 is 4.42 Å². The molecule has 96 valence electrons. The Bertz CT molecular complexity index is 358. The van der Waals surface area contributed by atoms with Gasteiger partial charge in [-0.25, -0.2) is 4.98 Å². The lowest BCUT2D eigenvalue weighted by Crippen LogP contribution is -2.38. The van der Waals surface area contributed by atoms with Crippen LogP contribution in [0.1, 0.15) is 44.1 Å². The fourth-order valence-corrected chi connectivity index (χ4v) is 3.67. The smallest absolute Gasteiger partial charge is 0.256 e. The van der Waals surface area contributed by atoms with Gasteiger partial charge in [0.05, 0.1) is 5.69 Å². The predicted molar refractivity (Wildman–Crippen MR) is 71.2 cm³/mol. The molecule has 2 rings (SSSR count). The summed E-state index contributed by atoms with van der Waals surface area (Å²) in [6.45, 7) is 6.21. The molecule has 1 aliphatic carbocycles. The standard InChI is InChI=1S/C13H22N2OS/c1-4-10-5-6-11(14)12(7-10)17-13-15-8(2)9(3)16-13/h10-12H,4-7,14H2,1-3H3. The Balaban J connectivity index is 2.01. The molecule has 3 unspecified atom stereocenters. The van der Waals surface area contributed by atoms with Gasteiger partial charge in [-0.15, -0.1) is 0 Å². The topological polar surface area (TPSA) is 52.0 Å². The van der Waals surface area contributed by atoms with Crippen molar-refractivity contribution in [3.05, 3.63) is 11.5 Å². The number of aromatic nitrogens is 1. The average Bonchev–Trinajstić information content (AvgIpc) is 2.61. The summed E-state index contributed by atoms with van der Waals surface area (Å²) in [6.07, 6.45) is 4.86. The minimum atomic E-state index is 0.287. The molecule has 1 aromatic rings. The largest absolute Gasteiger partial charge is 0.437 e. The molecule has 1 fully saturated rings. The minimum Gasteiger partial charge on any atom is -0.437 e. The van der Waals surface area contributed by atoms with E-state index in [4.69, 9.17) is 10.2 Å². The van der Waals surface area contributed by atoms with Crippen molar-refractivity contribution in [1.29, 1.82) is 0 Å². The first-order chi connectivity index (χ1) is 8.10. The molecule has 3 atom stereocenters. The van der Waals surface area contributed by atoms with E-state index in [0.717, 1.165) is 29.0 Å². The van der Waals surface area contributed by atoms with Crippen molar-refractivity contribution in [2.24, 2.45) is 11.7 Å². The van der Waals surface area contributed by atoms with Crippen LogP contribution in [0.3, 0.4) is 0 Å². The van der Waals surface area contributed by atoms with Crippen molar-refractivity contribution >= 4 is 11.8 Å². The maximum atomic E-state index is 6.20. The summed E-state index contributed by atoms with van der Waals surface area (Å²) in [4.78, 5) is 4.43. The molecule has 1 aliphatic rings. The monoisotopic (exact) mass is 254 g/mol. The van der Waals surface area contributed by atoms with E-state index in [1.807, 2.05) is 13.8 Å². The van der Waals surface area contributed by atoms with Crippen LogP contribution in [0.25, 0.3) is 0 Å². The number of oxazole rings is 1. The second-order valence-corrected chi connectivity index (χ2v) is 6.22. The van der Waals surface area contributed by atoms with E-state index in [1.165, 1.54) is 19.3 Å². The van der Waals surface area contributed by atoms with Gasteiger partial charge in [0, 0.05) is 11.3 Å². The fourth-order valence-electron chi connectivity index (χ4n) is 2.36. The van der Waals surface area contributed by atoms with E-state index in [9.17, 15) is 0 Å². The van der Waals surface area contributed by atoms with Gasteiger partial charge < -0.3 is 10.2 Å². The summed E-state index contributed by atoms with van der Waals surface area (Å²) < 4.78 is 5.63. The number of nitrogens with two attached hydrogens (primary N) is 1. The number of rotatable bonds is 3. The van der Waals surface area contributed by atoms with E-state index in [-0.39, 0.29) is 6.04 Å². The highest BCUT2D eigenvalue weighted by atomic mass is 32.2. The van der Waals surface area contributed by atoms with Crippen molar-refractivity contribution in [2.75, 3.05) is 0 Å². The van der Waals surface area contributed by atoms with Gasteiger partial charge in [0.15, 0.2) is 0 Å². The summed E-state index contributed by atoms with van der Waals surface area (Å²) in [5, 5.41) is 1.25. The molecule has 3 nitrogen and oxygen atoms in total. The highest BCUT2D eigenvalue weighted by molar-refractivity contribution is 7.99. The van der Waals surface area contributed by atoms with Crippen molar-refractivity contribution in [3.63, 3.8) is 0 Å². The third kappa shape index (κ3) is 3.05. The van der Waals surface area contributed by atoms with Gasteiger partial charge in [-0.1, -0.05) is 25.1 Å². The van der Waals surface area contributed by atoms with Gasteiger partial charge in [0.2, 0.25) is 0 Å². The lowest BCUT2D eigenvalue weighted by molar-refractivity contribution is 0.325. The third-order valence-electron chi connectivity index (χ3n) is 3.79. The summed E-state index contributed by atoms with van der Waals surface area (Å²) in [7, 11) is 0. The molecular formula is C13H22N2OS. The molecule has 17 heavy (non-hydrogen) atoms. The molecule has 0 aromatic carbocycles. The summed E-state index contributed by atoms with van der Waals surface area (Å²) in [5.41, 5.74) is 7.19. The lowest BCUT2D eigenvalue weighted by atomic mass is 9.84. The van der Waals surface area contributed by atoms with Gasteiger partial charge in [-0.05, 0) is 39.0 Å². The Labute approximate surface area is 108 Å². The van der Waals surface area contributed by atoms with E-state index in [0.29, 0.717) is 5.25 Å². The first-order valence-corrected chi connectivity index (χ1v) is 7.34. The van der Waals surface area contributed by atoms with Crippen LogP contribution in [0.15, 0.2) is 9.64 Å². The minimum absolute atomic E-state index is 0.287. The molecule has 1 heterocycles. The van der Waals surface area contributed by atoms with Crippen LogP contribution in [-0.2, 0) is 0 Å². The van der Waals surface area contributed by atoms with E-state index >= 15 is 0 Å². The lowest BCUT2D eigenvalue weighted by Gasteiger charge is -2.32. The van der Waals surface area contributed by atoms with Crippen LogP contribution in [0.5, 0.6) is 0 Å². The third-order valence-corrected chi connectivity index (χ3v) is 5.01. The second kappa shape index (κ2) is 5.44. The van der Waals surface area contributed by atoms with E-state index in [2.05, 4.69) is 11.9 Å². The Morgan fingerprint density at radius 1 is 1.41 bits per heavy atom. The SMILES string of the molecule is CCC1CCC(N)C(Sc2nc(C)c(C)o2)C1. The second-order valence-electron chi connectivity index (χ2n) is 5.03. The summed E-state index contributed by atoms with van der Waals surface area (Å²) in [6, 6.07) is 0.287. The van der Waals surface area contributed by atoms with Crippen LogP contribution >= 0.6 is 11.8 Å². The van der Waals surface area contributed by atoms with Crippen molar-refractivity contribution in [3.8, 4) is 0 Å².